The molecule has 0 amide bonds. The van der Waals surface area contributed by atoms with E-state index in [-0.39, 0.29) is 46.6 Å². The highest BCUT2D eigenvalue weighted by atomic mass is 19.4. The molecular weight excluding hydrogens is 1100 g/mol. The lowest BCUT2D eigenvalue weighted by Crippen LogP contribution is -2.33. The van der Waals surface area contributed by atoms with Gasteiger partial charge in [0.05, 0.1) is 35.5 Å². The lowest BCUT2D eigenvalue weighted by atomic mass is 10.0. The van der Waals surface area contributed by atoms with Crippen molar-refractivity contribution >= 4 is 23.9 Å². The minimum atomic E-state index is -4.84. The van der Waals surface area contributed by atoms with Crippen LogP contribution < -0.4 is 18.9 Å². The normalized spacial score (nSPS) is 12.2. The van der Waals surface area contributed by atoms with Crippen LogP contribution in [0.4, 0.5) is 26.3 Å². The molecule has 0 saturated carbocycles. The molecule has 6 aromatic carbocycles. The number of carbonyl (C=O) groups is 4. The van der Waals surface area contributed by atoms with Gasteiger partial charge in [0.25, 0.3) is 0 Å². The summed E-state index contributed by atoms with van der Waals surface area (Å²) in [7, 11) is 0. The number of alkyl halides is 6. The van der Waals surface area contributed by atoms with Crippen molar-refractivity contribution in [3.63, 3.8) is 0 Å². The van der Waals surface area contributed by atoms with Gasteiger partial charge in [-0.3, -0.25) is 0 Å². The van der Waals surface area contributed by atoms with Crippen LogP contribution in [0.5, 0.6) is 23.0 Å². The monoisotopic (exact) mass is 1180 g/mol. The first-order valence-electron chi connectivity index (χ1n) is 29.9. The zero-order valence-corrected chi connectivity index (χ0v) is 48.6. The Morgan fingerprint density at radius 1 is 0.318 bits per heavy atom. The minimum Gasteiger partial charge on any atom is -0.494 e. The second-order valence-corrected chi connectivity index (χ2v) is 21.2. The maximum absolute atomic E-state index is 14.0. The number of rotatable bonds is 36. The number of hydrogen-bond donors (Lipinski definition) is 0. The van der Waals surface area contributed by atoms with Gasteiger partial charge in [-0.1, -0.05) is 159 Å². The molecule has 0 fully saturated rings. The Hall–Kier alpha value is -7.62. The van der Waals surface area contributed by atoms with Crippen LogP contribution in [0, 0.1) is 0 Å². The highest BCUT2D eigenvalue weighted by Crippen LogP contribution is 2.32. The number of ether oxygens (including phenoxy) is 6. The van der Waals surface area contributed by atoms with Crippen molar-refractivity contribution in [2.75, 3.05) is 13.2 Å². The van der Waals surface area contributed by atoms with Crippen molar-refractivity contribution < 1.29 is 73.9 Å². The van der Waals surface area contributed by atoms with Crippen LogP contribution in [0.3, 0.4) is 0 Å². The van der Waals surface area contributed by atoms with E-state index < -0.39 is 61.3 Å². The van der Waals surface area contributed by atoms with Crippen LogP contribution in [-0.4, -0.2) is 61.7 Å². The van der Waals surface area contributed by atoms with Gasteiger partial charge in [0, 0.05) is 0 Å². The van der Waals surface area contributed by atoms with Gasteiger partial charge >= 0.3 is 36.2 Å². The van der Waals surface area contributed by atoms with Gasteiger partial charge in [0.2, 0.25) is 0 Å². The first-order chi connectivity index (χ1) is 41.0. The largest absolute Gasteiger partial charge is 0.494 e. The van der Waals surface area contributed by atoms with E-state index in [0.717, 1.165) is 59.4 Å². The molecule has 0 aliphatic rings. The van der Waals surface area contributed by atoms with Crippen molar-refractivity contribution in [3.05, 3.63) is 168 Å². The predicted molar refractivity (Wildman–Crippen MR) is 316 cm³/mol. The maximum Gasteiger partial charge on any atom is 0.425 e. The first kappa shape index (κ1) is 66.5. The molecule has 2 atom stereocenters. The minimum absolute atomic E-state index is 0.0699. The van der Waals surface area contributed by atoms with Gasteiger partial charge in [0.1, 0.15) is 23.0 Å². The van der Waals surface area contributed by atoms with Crippen LogP contribution >= 0.6 is 0 Å². The quantitative estimate of drug-likeness (QED) is 0.0163. The molecule has 0 radical (unpaired) electrons. The second kappa shape index (κ2) is 35.0. The van der Waals surface area contributed by atoms with E-state index in [1.807, 2.05) is 48.5 Å². The highest BCUT2D eigenvalue weighted by Gasteiger charge is 2.43. The van der Waals surface area contributed by atoms with E-state index in [1.165, 1.54) is 99.9 Å². The molecule has 0 saturated heterocycles. The van der Waals surface area contributed by atoms with Crippen LogP contribution in [0.25, 0.3) is 22.3 Å². The molecule has 0 unspecified atom stereocenters. The number of hydrogen-bond acceptors (Lipinski definition) is 10. The first-order valence-corrected chi connectivity index (χ1v) is 29.9. The third-order valence-electron chi connectivity index (χ3n) is 14.4. The van der Waals surface area contributed by atoms with Gasteiger partial charge in [-0.25, -0.2) is 19.2 Å². The number of esters is 4. The SMILES string of the molecule is CCCCCCCCOc1ccc(-c2ccc(C(=O)Oc3ccc(C(=O)O[C@@H](CCCCCCCCC[C@H](OC(=O)c4ccc(OC(=O)c5ccc(-c6ccc(OCCCCCCCC)cc6)cc5)cc4)C(F)(F)F)C(F)(F)F)cc3)cc2)cc1. The summed E-state index contributed by atoms with van der Waals surface area (Å²) in [6.07, 6.45) is 1.16. The zero-order chi connectivity index (χ0) is 60.9. The molecule has 0 aliphatic heterocycles. The van der Waals surface area contributed by atoms with Crippen LogP contribution in [0.15, 0.2) is 146 Å². The Bertz CT molecular complexity index is 2720. The van der Waals surface area contributed by atoms with E-state index in [2.05, 4.69) is 13.8 Å². The molecule has 0 aliphatic carbocycles. The lowest BCUT2D eigenvalue weighted by molar-refractivity contribution is -0.206. The molecule has 456 valence electrons. The average molecular weight is 1180 g/mol. The van der Waals surface area contributed by atoms with E-state index in [1.54, 1.807) is 48.5 Å². The van der Waals surface area contributed by atoms with Crippen molar-refractivity contribution in [2.24, 2.45) is 0 Å². The molecular formula is C69H78F6O10. The molecule has 0 spiro atoms. The van der Waals surface area contributed by atoms with Crippen LogP contribution in [-0.2, 0) is 9.47 Å². The van der Waals surface area contributed by atoms with Gasteiger partial charge in [-0.05, 0) is 158 Å². The molecule has 0 aromatic heterocycles. The summed E-state index contributed by atoms with van der Waals surface area (Å²) in [5.41, 5.74) is 3.80. The van der Waals surface area contributed by atoms with Crippen molar-refractivity contribution in [1.82, 2.24) is 0 Å². The molecule has 16 heteroatoms. The molecule has 0 bridgehead atoms. The van der Waals surface area contributed by atoms with E-state index in [0.29, 0.717) is 45.3 Å². The second-order valence-electron chi connectivity index (χ2n) is 21.2. The summed E-state index contributed by atoms with van der Waals surface area (Å²) >= 11 is 0. The van der Waals surface area contributed by atoms with Gasteiger partial charge in [0.15, 0.2) is 12.2 Å². The maximum atomic E-state index is 14.0. The fourth-order valence-corrected chi connectivity index (χ4v) is 9.40. The topological polar surface area (TPSA) is 124 Å². The summed E-state index contributed by atoms with van der Waals surface area (Å²) in [6.45, 7) is 5.72. The Morgan fingerprint density at radius 2 is 0.565 bits per heavy atom. The zero-order valence-electron chi connectivity index (χ0n) is 48.6. The van der Waals surface area contributed by atoms with Gasteiger partial charge in [-0.15, -0.1) is 0 Å². The molecule has 10 nitrogen and oxygen atoms in total. The number of halogens is 6. The summed E-state index contributed by atoms with van der Waals surface area (Å²) < 4.78 is 116. The van der Waals surface area contributed by atoms with E-state index >= 15 is 0 Å². The Morgan fingerprint density at radius 3 is 0.871 bits per heavy atom. The summed E-state index contributed by atoms with van der Waals surface area (Å²) in [4.78, 5) is 51.5. The van der Waals surface area contributed by atoms with E-state index in [9.17, 15) is 45.5 Å². The Labute approximate surface area is 495 Å². The van der Waals surface area contributed by atoms with Crippen molar-refractivity contribution in [2.45, 2.75) is 173 Å². The molecule has 85 heavy (non-hydrogen) atoms. The average Bonchev–Trinajstić information content (AvgIpc) is 3.68. The van der Waals surface area contributed by atoms with E-state index in [4.69, 9.17) is 28.4 Å². The van der Waals surface area contributed by atoms with Crippen LogP contribution in [0.2, 0.25) is 0 Å². The van der Waals surface area contributed by atoms with Crippen molar-refractivity contribution in [1.29, 1.82) is 0 Å². The fourth-order valence-electron chi connectivity index (χ4n) is 9.40. The molecule has 6 rings (SSSR count). The third kappa shape index (κ3) is 23.4. The molecule has 0 heterocycles. The summed E-state index contributed by atoms with van der Waals surface area (Å²) in [6, 6.07) is 39.0. The summed E-state index contributed by atoms with van der Waals surface area (Å²) in [5.74, 6) is -2.03. The number of benzene rings is 6. The standard InChI is InChI=1S/C69H78F6O10/c1-3-5-7-9-16-20-48-80-58-40-32-52(33-41-58)50-24-28-54(29-25-50)64(76)82-60-44-36-56(37-45-60)66(78)84-62(68(70,71)72)22-18-14-12-11-13-15-19-23-63(69(73,74)75)85-67(79)57-38-46-61(47-39-57)83-65(77)55-30-26-51(27-31-55)53-34-42-59(43-35-53)81-49-21-17-10-8-6-4-2/h24-47,62-63H,3-23,48-49H2,1-2H3/t62-,63-/m0/s1. The highest BCUT2D eigenvalue weighted by molar-refractivity contribution is 5.93. The van der Waals surface area contributed by atoms with Crippen molar-refractivity contribution in [3.8, 4) is 45.3 Å². The van der Waals surface area contributed by atoms with Gasteiger partial charge < -0.3 is 28.4 Å². The molecule has 0 N–H and O–H groups in total. The van der Waals surface area contributed by atoms with Gasteiger partial charge in [-0.2, -0.15) is 26.3 Å². The smallest absolute Gasteiger partial charge is 0.425 e. The number of unbranched alkanes of at least 4 members (excludes halogenated alkanes) is 16. The Kier molecular flexibility index (Phi) is 27.4. The third-order valence-corrected chi connectivity index (χ3v) is 14.4. The summed E-state index contributed by atoms with van der Waals surface area (Å²) in [5, 5.41) is 0. The Balaban J connectivity index is 0.841. The number of carbonyl (C=O) groups excluding carboxylic acids is 4. The lowest BCUT2D eigenvalue weighted by Gasteiger charge is -2.21. The van der Waals surface area contributed by atoms with Crippen LogP contribution in [0.1, 0.15) is 190 Å². The molecule has 6 aromatic rings. The fraction of sp³-hybridized carbons (Fsp3) is 0.420. The predicted octanol–water partition coefficient (Wildman–Crippen LogP) is 19.3.